The molecule has 0 aromatic heterocycles. The maximum absolute atomic E-state index is 13.4. The third-order valence-electron chi connectivity index (χ3n) is 4.75. The van der Waals surface area contributed by atoms with Crippen LogP contribution in [0.2, 0.25) is 0 Å². The van der Waals surface area contributed by atoms with Gasteiger partial charge in [-0.3, -0.25) is 14.9 Å². The third-order valence-corrected chi connectivity index (χ3v) is 4.75. The van der Waals surface area contributed by atoms with Crippen LogP contribution in [0.15, 0.2) is 18.2 Å². The number of hydrogen-bond acceptors (Lipinski definition) is 4. The predicted octanol–water partition coefficient (Wildman–Crippen LogP) is 3.63. The second-order valence-corrected chi connectivity index (χ2v) is 6.84. The molecule has 9 heteroatoms. The Morgan fingerprint density at radius 1 is 1.24 bits per heavy atom. The first kappa shape index (κ1) is 17.5. The molecule has 6 nitrogen and oxygen atoms in total. The smallest absolute Gasteiger partial charge is 0.377 e. The van der Waals surface area contributed by atoms with E-state index in [-0.39, 0.29) is 23.0 Å². The lowest BCUT2D eigenvalue weighted by Crippen LogP contribution is -2.58. The number of benzene rings is 1. The van der Waals surface area contributed by atoms with Gasteiger partial charge in [0, 0.05) is 17.7 Å². The van der Waals surface area contributed by atoms with Gasteiger partial charge in [-0.2, -0.15) is 13.2 Å². The zero-order chi connectivity index (χ0) is 18.4. The van der Waals surface area contributed by atoms with Crippen molar-refractivity contribution in [3.63, 3.8) is 0 Å². The van der Waals surface area contributed by atoms with Gasteiger partial charge in [-0.25, -0.2) is 0 Å². The molecule has 2 saturated carbocycles. The molecule has 0 saturated heterocycles. The molecule has 2 aliphatic carbocycles. The number of carbonyl (C=O) groups is 1. The summed E-state index contributed by atoms with van der Waals surface area (Å²) in [5, 5.41) is 16.2. The van der Waals surface area contributed by atoms with E-state index in [2.05, 4.69) is 5.32 Å². The quantitative estimate of drug-likeness (QED) is 0.601. The fourth-order valence-electron chi connectivity index (χ4n) is 2.77. The normalized spacial score (nSPS) is 19.8. The molecule has 0 aliphatic heterocycles. The van der Waals surface area contributed by atoms with Crippen LogP contribution in [0.3, 0.4) is 0 Å². The Labute approximate surface area is 141 Å². The number of carbonyl (C=O) groups excluding carboxylic acids is 1. The highest BCUT2D eigenvalue weighted by molar-refractivity contribution is 5.96. The Balaban J connectivity index is 1.84. The molecular weight excluding hydrogens is 339 g/mol. The van der Waals surface area contributed by atoms with Crippen molar-refractivity contribution >= 4 is 17.3 Å². The van der Waals surface area contributed by atoms with Crippen LogP contribution in [-0.4, -0.2) is 28.6 Å². The highest BCUT2D eigenvalue weighted by Gasteiger charge is 2.60. The van der Waals surface area contributed by atoms with E-state index in [1.165, 1.54) is 12.1 Å². The van der Waals surface area contributed by atoms with Crippen molar-refractivity contribution in [1.82, 2.24) is 5.32 Å². The molecule has 0 heterocycles. The predicted molar refractivity (Wildman–Crippen MR) is 84.4 cm³/mol. The largest absolute Gasteiger partial charge is 0.411 e. The van der Waals surface area contributed by atoms with Gasteiger partial charge in [-0.15, -0.1) is 0 Å². The maximum atomic E-state index is 13.4. The average molecular weight is 357 g/mol. The molecule has 3 rings (SSSR count). The summed E-state index contributed by atoms with van der Waals surface area (Å²) in [6.45, 7) is 0.958. The molecule has 0 bridgehead atoms. The second-order valence-electron chi connectivity index (χ2n) is 6.84. The number of rotatable bonds is 6. The first-order valence-electron chi connectivity index (χ1n) is 8.06. The van der Waals surface area contributed by atoms with Crippen molar-refractivity contribution in [2.24, 2.45) is 5.92 Å². The number of anilines is 1. The van der Waals surface area contributed by atoms with Crippen LogP contribution < -0.4 is 10.6 Å². The van der Waals surface area contributed by atoms with Gasteiger partial charge in [0.15, 0.2) is 0 Å². The van der Waals surface area contributed by atoms with Crippen LogP contribution in [0.5, 0.6) is 0 Å². The van der Waals surface area contributed by atoms with Crippen molar-refractivity contribution in [3.8, 4) is 0 Å². The Hall–Kier alpha value is -2.32. The van der Waals surface area contributed by atoms with E-state index in [1.54, 1.807) is 0 Å². The fourth-order valence-corrected chi connectivity index (χ4v) is 2.77. The molecule has 2 fully saturated rings. The van der Waals surface area contributed by atoms with Crippen molar-refractivity contribution in [3.05, 3.63) is 33.9 Å². The molecule has 0 radical (unpaired) electrons. The summed E-state index contributed by atoms with van der Waals surface area (Å²) in [5.74, 6) is -1.63. The van der Waals surface area contributed by atoms with Gasteiger partial charge in [0.2, 0.25) is 0 Å². The molecule has 1 aromatic carbocycles. The van der Waals surface area contributed by atoms with E-state index in [4.69, 9.17) is 0 Å². The summed E-state index contributed by atoms with van der Waals surface area (Å²) in [6.07, 6.45) is -2.00. The Bertz CT molecular complexity index is 714. The highest BCUT2D eigenvalue weighted by atomic mass is 19.4. The summed E-state index contributed by atoms with van der Waals surface area (Å²) in [5.41, 5.74) is -2.54. The van der Waals surface area contributed by atoms with Crippen LogP contribution in [0.1, 0.15) is 43.0 Å². The Morgan fingerprint density at radius 3 is 2.36 bits per heavy atom. The van der Waals surface area contributed by atoms with E-state index in [0.717, 1.165) is 25.8 Å². The van der Waals surface area contributed by atoms with Gasteiger partial charge in [0.1, 0.15) is 11.2 Å². The Kier molecular flexibility index (Phi) is 4.12. The van der Waals surface area contributed by atoms with E-state index in [9.17, 15) is 28.1 Å². The molecule has 25 heavy (non-hydrogen) atoms. The van der Waals surface area contributed by atoms with E-state index < -0.39 is 28.5 Å². The molecule has 1 unspecified atom stereocenters. The lowest BCUT2D eigenvalue weighted by atomic mass is 9.94. The maximum Gasteiger partial charge on any atom is 0.411 e. The van der Waals surface area contributed by atoms with Gasteiger partial charge in [-0.05, 0) is 50.7 Å². The molecule has 2 N–H and O–H groups in total. The molecule has 1 atom stereocenters. The summed E-state index contributed by atoms with van der Waals surface area (Å²) >= 11 is 0. The number of nitro groups is 1. The van der Waals surface area contributed by atoms with Crippen LogP contribution in [0.4, 0.5) is 24.5 Å². The summed E-state index contributed by atoms with van der Waals surface area (Å²) in [7, 11) is 0. The van der Waals surface area contributed by atoms with Gasteiger partial charge in [0.25, 0.3) is 11.6 Å². The fraction of sp³-hybridized carbons (Fsp3) is 0.562. The van der Waals surface area contributed by atoms with Crippen LogP contribution >= 0.6 is 0 Å². The van der Waals surface area contributed by atoms with Crippen LogP contribution in [-0.2, 0) is 0 Å². The first-order valence-corrected chi connectivity index (χ1v) is 8.06. The zero-order valence-corrected chi connectivity index (χ0v) is 13.5. The molecule has 2 aliphatic rings. The van der Waals surface area contributed by atoms with Crippen molar-refractivity contribution in [1.29, 1.82) is 0 Å². The molecule has 136 valence electrons. The number of amides is 1. The van der Waals surface area contributed by atoms with Crippen molar-refractivity contribution in [2.75, 3.05) is 5.32 Å². The number of halogens is 3. The SMILES string of the molecule is CC(NC(=O)c1ccc(NC2CC2)c([N+](=O)[O-])c1)(C1CC1)C(F)(F)F. The first-order chi connectivity index (χ1) is 11.6. The highest BCUT2D eigenvalue weighted by Crippen LogP contribution is 2.48. The van der Waals surface area contributed by atoms with Crippen molar-refractivity contribution in [2.45, 2.75) is 50.4 Å². The minimum absolute atomic E-state index is 0.163. The number of alkyl halides is 3. The van der Waals surface area contributed by atoms with E-state index in [0.29, 0.717) is 12.8 Å². The molecular formula is C16H18F3N3O3. The minimum atomic E-state index is -4.59. The molecule has 1 aromatic rings. The monoisotopic (exact) mass is 357 g/mol. The van der Waals surface area contributed by atoms with Gasteiger partial charge in [-0.1, -0.05) is 0 Å². The lowest BCUT2D eigenvalue weighted by Gasteiger charge is -2.33. The van der Waals surface area contributed by atoms with Gasteiger partial charge >= 0.3 is 6.18 Å². The summed E-state index contributed by atoms with van der Waals surface area (Å²) in [4.78, 5) is 22.9. The standard InChI is InChI=1S/C16H18F3N3O3/c1-15(10-3-4-10,16(17,18)19)21-14(23)9-2-7-12(20-11-5-6-11)13(8-9)22(24)25/h2,7-8,10-11,20H,3-6H2,1H3,(H,21,23). The number of nitrogens with zero attached hydrogens (tertiary/aromatic N) is 1. The average Bonchev–Trinajstić information content (AvgIpc) is 3.39. The number of nitro benzene ring substituents is 1. The number of hydrogen-bond donors (Lipinski definition) is 2. The Morgan fingerprint density at radius 2 is 1.88 bits per heavy atom. The number of nitrogens with one attached hydrogen (secondary N) is 2. The third kappa shape index (κ3) is 3.54. The second kappa shape index (κ2) is 5.89. The van der Waals surface area contributed by atoms with Gasteiger partial charge in [0.05, 0.1) is 4.92 Å². The van der Waals surface area contributed by atoms with E-state index in [1.807, 2.05) is 5.32 Å². The zero-order valence-electron chi connectivity index (χ0n) is 13.5. The topological polar surface area (TPSA) is 84.3 Å². The van der Waals surface area contributed by atoms with E-state index >= 15 is 0 Å². The van der Waals surface area contributed by atoms with Crippen molar-refractivity contribution < 1.29 is 22.9 Å². The van der Waals surface area contributed by atoms with Crippen LogP contribution in [0.25, 0.3) is 0 Å². The summed E-state index contributed by atoms with van der Waals surface area (Å²) in [6, 6.07) is 3.86. The van der Waals surface area contributed by atoms with Gasteiger partial charge < -0.3 is 10.6 Å². The van der Waals surface area contributed by atoms with Crippen LogP contribution in [0, 0.1) is 16.0 Å². The lowest BCUT2D eigenvalue weighted by molar-refractivity contribution is -0.384. The minimum Gasteiger partial charge on any atom is -0.377 e. The molecule has 1 amide bonds. The summed E-state index contributed by atoms with van der Waals surface area (Å²) < 4.78 is 40.1. The molecule has 0 spiro atoms.